The number of nitrogens with zero attached hydrogens (tertiary/aromatic N) is 1. The second kappa shape index (κ2) is 8.31. The Kier molecular flexibility index (Phi) is 6.37. The Morgan fingerprint density at radius 2 is 1.77 bits per heavy atom. The van der Waals surface area contributed by atoms with E-state index in [0.29, 0.717) is 6.42 Å². The van der Waals surface area contributed by atoms with Crippen molar-refractivity contribution in [1.29, 1.82) is 0 Å². The smallest absolute Gasteiger partial charge is 0.264 e. The summed E-state index contributed by atoms with van der Waals surface area (Å²) in [5.41, 5.74) is 0.739. The summed E-state index contributed by atoms with van der Waals surface area (Å²) in [7, 11) is -4.10. The summed E-state index contributed by atoms with van der Waals surface area (Å²) in [6.45, 7) is 5.06. The summed E-state index contributed by atoms with van der Waals surface area (Å²) in [6.07, 6.45) is 0.705. The molecule has 1 amide bonds. The molecule has 0 radical (unpaired) electrons. The van der Waals surface area contributed by atoms with Gasteiger partial charge >= 0.3 is 0 Å². The molecule has 140 valence electrons. The van der Waals surface area contributed by atoms with Gasteiger partial charge in [-0.3, -0.25) is 9.10 Å². The molecule has 2 rings (SSSR count). The molecule has 7 heteroatoms. The van der Waals surface area contributed by atoms with Gasteiger partial charge in [-0.1, -0.05) is 36.8 Å². The van der Waals surface area contributed by atoms with Crippen molar-refractivity contribution in [3.63, 3.8) is 0 Å². The number of halogens is 1. The minimum atomic E-state index is -4.10. The van der Waals surface area contributed by atoms with Crippen molar-refractivity contribution < 1.29 is 17.6 Å². The molecule has 1 N–H and O–H groups in total. The predicted molar refractivity (Wildman–Crippen MR) is 100 cm³/mol. The van der Waals surface area contributed by atoms with Gasteiger partial charge in [-0.2, -0.15) is 0 Å². The second-order valence-corrected chi connectivity index (χ2v) is 8.02. The summed E-state index contributed by atoms with van der Waals surface area (Å²) < 4.78 is 41.2. The van der Waals surface area contributed by atoms with Crippen molar-refractivity contribution in [3.05, 3.63) is 59.9 Å². The topological polar surface area (TPSA) is 66.5 Å². The number of hydrogen-bond donors (Lipinski definition) is 1. The highest BCUT2D eigenvalue weighted by Gasteiger charge is 2.29. The Balaban J connectivity index is 2.45. The van der Waals surface area contributed by atoms with Crippen molar-refractivity contribution in [1.82, 2.24) is 5.32 Å². The highest BCUT2D eigenvalue weighted by atomic mass is 32.2. The quantitative estimate of drug-likeness (QED) is 0.804. The third kappa shape index (κ3) is 4.60. The van der Waals surface area contributed by atoms with E-state index in [9.17, 15) is 17.6 Å². The Morgan fingerprint density at radius 1 is 1.15 bits per heavy atom. The summed E-state index contributed by atoms with van der Waals surface area (Å²) in [6, 6.07) is 11.6. The normalized spacial score (nSPS) is 12.5. The Morgan fingerprint density at radius 3 is 2.35 bits per heavy atom. The molecule has 2 aromatic carbocycles. The number of rotatable bonds is 7. The third-order valence-electron chi connectivity index (χ3n) is 4.04. The lowest BCUT2D eigenvalue weighted by Crippen LogP contribution is -2.43. The van der Waals surface area contributed by atoms with Gasteiger partial charge in [0.25, 0.3) is 10.0 Å². The molecular formula is C19H23FN2O3S. The summed E-state index contributed by atoms with van der Waals surface area (Å²) >= 11 is 0. The number of anilines is 1. The minimum absolute atomic E-state index is 0.00249. The van der Waals surface area contributed by atoms with E-state index in [-0.39, 0.29) is 16.6 Å². The van der Waals surface area contributed by atoms with Crippen LogP contribution in [0.25, 0.3) is 0 Å². The standard InChI is InChI=1S/C19H23FN2O3S/c1-4-15(3)21-19(23)13-22(18-8-6-5-7-17(18)20)26(24,25)16-11-9-14(2)10-12-16/h5-12,15H,4,13H2,1-3H3,(H,21,23)/t15-/m0/s1. The SMILES string of the molecule is CC[C@H](C)NC(=O)CN(c1ccccc1F)S(=O)(=O)c1ccc(C)cc1. The fourth-order valence-electron chi connectivity index (χ4n) is 2.34. The zero-order valence-corrected chi connectivity index (χ0v) is 15.9. The molecule has 0 saturated carbocycles. The number of hydrogen-bond acceptors (Lipinski definition) is 3. The molecule has 0 saturated heterocycles. The summed E-state index contributed by atoms with van der Waals surface area (Å²) in [5.74, 6) is -1.20. The number of sulfonamides is 1. The average molecular weight is 378 g/mol. The van der Waals surface area contributed by atoms with E-state index >= 15 is 0 Å². The van der Waals surface area contributed by atoms with Crippen LogP contribution in [-0.2, 0) is 14.8 Å². The van der Waals surface area contributed by atoms with Gasteiger partial charge in [-0.25, -0.2) is 12.8 Å². The van der Waals surface area contributed by atoms with Crippen molar-refractivity contribution in [2.75, 3.05) is 10.8 Å². The fraction of sp³-hybridized carbons (Fsp3) is 0.316. The van der Waals surface area contributed by atoms with Crippen molar-refractivity contribution in [3.8, 4) is 0 Å². The maximum atomic E-state index is 14.3. The molecule has 0 heterocycles. The van der Waals surface area contributed by atoms with E-state index in [1.54, 1.807) is 12.1 Å². The van der Waals surface area contributed by atoms with E-state index in [1.165, 1.54) is 36.4 Å². The first-order valence-corrected chi connectivity index (χ1v) is 9.83. The number of carbonyl (C=O) groups is 1. The highest BCUT2D eigenvalue weighted by molar-refractivity contribution is 7.92. The first-order chi connectivity index (χ1) is 12.3. The lowest BCUT2D eigenvalue weighted by Gasteiger charge is -2.25. The first kappa shape index (κ1) is 19.9. The number of amides is 1. The maximum absolute atomic E-state index is 14.3. The molecule has 2 aromatic rings. The van der Waals surface area contributed by atoms with Crippen LogP contribution in [-0.4, -0.2) is 26.9 Å². The van der Waals surface area contributed by atoms with Crippen LogP contribution in [0.2, 0.25) is 0 Å². The largest absolute Gasteiger partial charge is 0.352 e. The van der Waals surface area contributed by atoms with Crippen LogP contribution in [0.15, 0.2) is 53.4 Å². The second-order valence-electron chi connectivity index (χ2n) is 6.15. The number of carbonyl (C=O) groups excluding carboxylic acids is 1. The van der Waals surface area contributed by atoms with Gasteiger partial charge in [-0.05, 0) is 44.5 Å². The van der Waals surface area contributed by atoms with Gasteiger partial charge in [-0.15, -0.1) is 0 Å². The maximum Gasteiger partial charge on any atom is 0.264 e. The minimum Gasteiger partial charge on any atom is -0.352 e. The molecule has 0 fully saturated rings. The van der Waals surface area contributed by atoms with Crippen LogP contribution in [0.3, 0.4) is 0 Å². The van der Waals surface area contributed by atoms with E-state index in [2.05, 4.69) is 5.32 Å². The van der Waals surface area contributed by atoms with Crippen molar-refractivity contribution in [2.45, 2.75) is 38.1 Å². The van der Waals surface area contributed by atoms with Crippen LogP contribution in [0.1, 0.15) is 25.8 Å². The summed E-state index contributed by atoms with van der Waals surface area (Å²) in [4.78, 5) is 12.3. The molecule has 5 nitrogen and oxygen atoms in total. The molecule has 0 aliphatic rings. The molecule has 0 spiro atoms. The van der Waals surface area contributed by atoms with E-state index in [0.717, 1.165) is 9.87 Å². The molecule has 0 aliphatic carbocycles. The van der Waals surface area contributed by atoms with E-state index in [1.807, 2.05) is 20.8 Å². The number of nitrogens with one attached hydrogen (secondary N) is 1. The molecule has 26 heavy (non-hydrogen) atoms. The third-order valence-corrected chi connectivity index (χ3v) is 5.81. The highest BCUT2D eigenvalue weighted by Crippen LogP contribution is 2.26. The zero-order valence-electron chi connectivity index (χ0n) is 15.1. The first-order valence-electron chi connectivity index (χ1n) is 8.39. The van der Waals surface area contributed by atoms with Crippen LogP contribution in [0.5, 0.6) is 0 Å². The Bertz CT molecular complexity index is 867. The molecular weight excluding hydrogens is 355 g/mol. The van der Waals surface area contributed by atoms with Gasteiger partial charge in [0, 0.05) is 6.04 Å². The fourth-order valence-corrected chi connectivity index (χ4v) is 3.77. The molecule has 0 aromatic heterocycles. The summed E-state index contributed by atoms with van der Waals surface area (Å²) in [5, 5.41) is 2.71. The molecule has 0 bridgehead atoms. The van der Waals surface area contributed by atoms with Gasteiger partial charge < -0.3 is 5.32 Å². The van der Waals surface area contributed by atoms with Gasteiger partial charge in [0.05, 0.1) is 10.6 Å². The van der Waals surface area contributed by atoms with Gasteiger partial charge in [0.2, 0.25) is 5.91 Å². The zero-order chi connectivity index (χ0) is 19.3. The Hall–Kier alpha value is -2.41. The molecule has 0 unspecified atom stereocenters. The van der Waals surface area contributed by atoms with Gasteiger partial charge in [0.1, 0.15) is 12.4 Å². The van der Waals surface area contributed by atoms with E-state index < -0.39 is 28.3 Å². The van der Waals surface area contributed by atoms with E-state index in [4.69, 9.17) is 0 Å². The van der Waals surface area contributed by atoms with Crippen molar-refractivity contribution in [2.24, 2.45) is 0 Å². The van der Waals surface area contributed by atoms with Crippen LogP contribution in [0, 0.1) is 12.7 Å². The lowest BCUT2D eigenvalue weighted by molar-refractivity contribution is -0.120. The van der Waals surface area contributed by atoms with Crippen molar-refractivity contribution >= 4 is 21.6 Å². The van der Waals surface area contributed by atoms with Crippen LogP contribution >= 0.6 is 0 Å². The Labute approximate surface area is 153 Å². The average Bonchev–Trinajstić information content (AvgIpc) is 2.60. The molecule has 1 atom stereocenters. The van der Waals surface area contributed by atoms with Crippen LogP contribution in [0.4, 0.5) is 10.1 Å². The van der Waals surface area contributed by atoms with Crippen LogP contribution < -0.4 is 9.62 Å². The number of para-hydroxylation sites is 1. The number of benzene rings is 2. The lowest BCUT2D eigenvalue weighted by atomic mass is 10.2. The molecule has 0 aliphatic heterocycles. The van der Waals surface area contributed by atoms with Gasteiger partial charge in [0.15, 0.2) is 0 Å². The monoisotopic (exact) mass is 378 g/mol. The number of aryl methyl sites for hydroxylation is 1. The predicted octanol–water partition coefficient (Wildman–Crippen LogP) is 3.24.